The maximum absolute atomic E-state index is 14.5. The van der Waals surface area contributed by atoms with Gasteiger partial charge in [-0.25, -0.2) is 4.98 Å². The Morgan fingerprint density at radius 2 is 2.08 bits per heavy atom. The highest BCUT2D eigenvalue weighted by molar-refractivity contribution is 14.1. The molecule has 1 aliphatic heterocycles. The van der Waals surface area contributed by atoms with Crippen LogP contribution in [-0.2, 0) is 14.6 Å². The van der Waals surface area contributed by atoms with E-state index in [2.05, 4.69) is 37.9 Å². The number of H-pyrrole nitrogens is 1. The van der Waals surface area contributed by atoms with Crippen LogP contribution in [0.4, 0.5) is 24.5 Å². The normalized spacial score (nSPS) is 19.0. The van der Waals surface area contributed by atoms with E-state index in [1.54, 1.807) is 26.0 Å². The first-order chi connectivity index (χ1) is 12.2. The Morgan fingerprint density at radius 3 is 2.69 bits per heavy atom. The lowest BCUT2D eigenvalue weighted by Gasteiger charge is -2.41. The van der Waals surface area contributed by atoms with E-state index in [-0.39, 0.29) is 22.6 Å². The van der Waals surface area contributed by atoms with Gasteiger partial charge in [0, 0.05) is 10.1 Å². The Labute approximate surface area is 161 Å². The van der Waals surface area contributed by atoms with E-state index < -0.39 is 29.9 Å². The number of hydrogen-bond acceptors (Lipinski definition) is 4. The van der Waals surface area contributed by atoms with Gasteiger partial charge in [-0.3, -0.25) is 4.79 Å². The number of rotatable bonds is 4. The number of nitrogens with one attached hydrogen (secondary N) is 2. The van der Waals surface area contributed by atoms with E-state index in [0.29, 0.717) is 4.43 Å². The Kier molecular flexibility index (Phi) is 5.04. The van der Waals surface area contributed by atoms with E-state index in [1.165, 1.54) is 6.07 Å². The van der Waals surface area contributed by atoms with Gasteiger partial charge < -0.3 is 15.0 Å². The van der Waals surface area contributed by atoms with Gasteiger partial charge in [-0.15, -0.1) is 0 Å². The lowest BCUT2D eigenvalue weighted by Crippen LogP contribution is -2.51. The van der Waals surface area contributed by atoms with Gasteiger partial charge in [-0.2, -0.15) is 13.2 Å². The Hall–Kier alpha value is -1.62. The monoisotopic (exact) mass is 479 g/mol. The number of benzene rings is 1. The van der Waals surface area contributed by atoms with Gasteiger partial charge in [0.1, 0.15) is 5.69 Å². The second kappa shape index (κ2) is 6.84. The van der Waals surface area contributed by atoms with Crippen molar-refractivity contribution in [1.82, 2.24) is 9.97 Å². The highest BCUT2D eigenvalue weighted by Crippen LogP contribution is 2.53. The van der Waals surface area contributed by atoms with Gasteiger partial charge >= 0.3 is 6.18 Å². The van der Waals surface area contributed by atoms with Crippen LogP contribution in [0, 0.1) is 0 Å². The summed E-state index contributed by atoms with van der Waals surface area (Å²) in [6.45, 7) is 2.68. The number of aromatic amines is 1. The van der Waals surface area contributed by atoms with Crippen LogP contribution < -0.4 is 10.9 Å². The molecular formula is C17H17F3IN3O2. The number of anilines is 2. The van der Waals surface area contributed by atoms with Crippen molar-refractivity contribution in [1.29, 1.82) is 0 Å². The lowest BCUT2D eigenvalue weighted by atomic mass is 9.73. The molecule has 0 bridgehead atoms. The number of ether oxygens (including phenoxy) is 1. The minimum atomic E-state index is -4.71. The van der Waals surface area contributed by atoms with Crippen LogP contribution in [0.3, 0.4) is 0 Å². The summed E-state index contributed by atoms with van der Waals surface area (Å²) in [5.74, 6) is 0. The fraction of sp³-hybridized carbons (Fsp3) is 0.412. The van der Waals surface area contributed by atoms with Crippen LogP contribution >= 0.6 is 22.6 Å². The third-order valence-electron chi connectivity index (χ3n) is 4.33. The molecule has 1 aromatic heterocycles. The number of alkyl halides is 4. The number of hydrogen-bond donors (Lipinski definition) is 2. The highest BCUT2D eigenvalue weighted by Gasteiger charge is 2.62. The minimum absolute atomic E-state index is 0.0189. The summed E-state index contributed by atoms with van der Waals surface area (Å²) in [4.78, 5) is 18.4. The van der Waals surface area contributed by atoms with Crippen LogP contribution in [0.1, 0.15) is 30.7 Å². The molecule has 5 nitrogen and oxygen atoms in total. The Bertz CT molecular complexity index is 882. The van der Waals surface area contributed by atoms with Gasteiger partial charge in [0.25, 0.3) is 5.56 Å². The van der Waals surface area contributed by atoms with Crippen molar-refractivity contribution in [3.05, 3.63) is 51.7 Å². The van der Waals surface area contributed by atoms with Gasteiger partial charge in [-0.1, -0.05) is 34.7 Å². The molecule has 9 heteroatoms. The molecule has 2 aromatic rings. The van der Waals surface area contributed by atoms with Crippen LogP contribution in [0.2, 0.25) is 0 Å². The van der Waals surface area contributed by atoms with Crippen molar-refractivity contribution in [2.45, 2.75) is 36.0 Å². The molecular weight excluding hydrogens is 462 g/mol. The summed E-state index contributed by atoms with van der Waals surface area (Å²) in [6.07, 6.45) is -4.13. The van der Waals surface area contributed by atoms with Crippen LogP contribution in [0.5, 0.6) is 0 Å². The quantitative estimate of drug-likeness (QED) is 0.514. The third kappa shape index (κ3) is 3.00. The van der Waals surface area contributed by atoms with Crippen LogP contribution in [0.15, 0.2) is 29.3 Å². The van der Waals surface area contributed by atoms with Crippen molar-refractivity contribution in [2.75, 3.05) is 11.9 Å². The van der Waals surface area contributed by atoms with Crippen LogP contribution in [0.25, 0.3) is 0 Å². The van der Waals surface area contributed by atoms with Gasteiger partial charge in [0.05, 0.1) is 24.7 Å². The average molecular weight is 479 g/mol. The smallest absolute Gasteiger partial charge is 0.377 e. The molecule has 0 radical (unpaired) electrons. The van der Waals surface area contributed by atoms with Crippen molar-refractivity contribution in [3.8, 4) is 0 Å². The summed E-state index contributed by atoms with van der Waals surface area (Å²) in [6, 6.07) is 4.81. The van der Waals surface area contributed by atoms with Crippen molar-refractivity contribution < 1.29 is 17.9 Å². The molecule has 3 rings (SSSR count). The molecule has 26 heavy (non-hydrogen) atoms. The van der Waals surface area contributed by atoms with Crippen LogP contribution in [-0.4, -0.2) is 28.9 Å². The lowest BCUT2D eigenvalue weighted by molar-refractivity contribution is -0.196. The molecule has 0 saturated carbocycles. The second-order valence-electron chi connectivity index (χ2n) is 6.36. The largest absolute Gasteiger partial charge is 0.406 e. The summed E-state index contributed by atoms with van der Waals surface area (Å²) in [5.41, 5.74) is -2.75. The van der Waals surface area contributed by atoms with E-state index >= 15 is 0 Å². The first-order valence-corrected chi connectivity index (χ1v) is 9.46. The second-order valence-corrected chi connectivity index (χ2v) is 7.12. The van der Waals surface area contributed by atoms with E-state index in [9.17, 15) is 18.0 Å². The Morgan fingerprint density at radius 1 is 1.35 bits per heavy atom. The third-order valence-corrected chi connectivity index (χ3v) is 5.21. The molecule has 1 aromatic carbocycles. The van der Waals surface area contributed by atoms with Gasteiger partial charge in [0.15, 0.2) is 5.41 Å². The summed E-state index contributed by atoms with van der Waals surface area (Å²) < 4.78 is 49.5. The van der Waals surface area contributed by atoms with Crippen molar-refractivity contribution in [3.63, 3.8) is 0 Å². The van der Waals surface area contributed by atoms with E-state index in [1.807, 2.05) is 0 Å². The Balaban J connectivity index is 2.36. The first-order valence-electron chi connectivity index (χ1n) is 7.93. The predicted octanol–water partition coefficient (Wildman–Crippen LogP) is 4.04. The molecule has 1 unspecified atom stereocenters. The average Bonchev–Trinajstić information content (AvgIpc) is 2.57. The zero-order chi connectivity index (χ0) is 19.1. The molecule has 140 valence electrons. The number of fused-ring (bicyclic) bond motifs is 2. The highest BCUT2D eigenvalue weighted by atomic mass is 127. The number of aromatic nitrogens is 2. The zero-order valence-corrected chi connectivity index (χ0v) is 16.2. The first kappa shape index (κ1) is 19.2. The van der Waals surface area contributed by atoms with Gasteiger partial charge in [-0.05, 0) is 31.0 Å². The molecule has 1 atom stereocenters. The summed E-state index contributed by atoms with van der Waals surface area (Å²) >= 11 is 2.09. The molecule has 0 fully saturated rings. The van der Waals surface area contributed by atoms with Crippen molar-refractivity contribution >= 4 is 34.0 Å². The minimum Gasteiger partial charge on any atom is -0.377 e. The fourth-order valence-electron chi connectivity index (χ4n) is 3.04. The van der Waals surface area contributed by atoms with Gasteiger partial charge in [0.2, 0.25) is 0 Å². The summed E-state index contributed by atoms with van der Waals surface area (Å²) in [5, 5.41) is 2.81. The molecule has 0 aliphatic carbocycles. The standard InChI is InChI=1S/C17H17F3IN3O2/c1-9(2)26-7-16(17(18,19)20)11-5-10(6-21)3-4-12(11)24-13-14(16)22-8-23-15(13)25/h3-5,8-9,24H,6-7H2,1-2H3,(H,22,23,25). The van der Waals surface area contributed by atoms with E-state index in [0.717, 1.165) is 11.9 Å². The molecule has 0 amide bonds. The number of halogens is 4. The maximum atomic E-state index is 14.5. The fourth-order valence-corrected chi connectivity index (χ4v) is 3.52. The van der Waals surface area contributed by atoms with E-state index in [4.69, 9.17) is 4.74 Å². The number of nitrogens with zero attached hydrogens (tertiary/aromatic N) is 1. The SMILES string of the molecule is CC(C)OCC1(C(F)(F)F)c2cc(CI)ccc2Nc2c1nc[nH]c2=O. The maximum Gasteiger partial charge on any atom is 0.406 e. The zero-order valence-electron chi connectivity index (χ0n) is 14.1. The molecule has 0 spiro atoms. The molecule has 2 heterocycles. The topological polar surface area (TPSA) is 67.0 Å². The summed E-state index contributed by atoms with van der Waals surface area (Å²) in [7, 11) is 0. The predicted molar refractivity (Wildman–Crippen MR) is 100 cm³/mol. The van der Waals surface area contributed by atoms with Crippen molar-refractivity contribution in [2.24, 2.45) is 0 Å². The molecule has 1 aliphatic rings. The molecule has 0 saturated heterocycles. The molecule has 2 N–H and O–H groups in total.